The maximum atomic E-state index is 10.1. The normalized spacial score (nSPS) is 30.1. The third-order valence-electron chi connectivity index (χ3n) is 2.48. The van der Waals surface area contributed by atoms with Gasteiger partial charge in [0.25, 0.3) is 0 Å². The highest BCUT2D eigenvalue weighted by Crippen LogP contribution is 2.31. The highest BCUT2D eigenvalue weighted by Gasteiger charge is 2.18. The van der Waals surface area contributed by atoms with Gasteiger partial charge < -0.3 is 4.79 Å². The highest BCUT2D eigenvalue weighted by molar-refractivity contribution is 7.99. The molecule has 1 saturated carbocycles. The van der Waals surface area contributed by atoms with Crippen LogP contribution in [0.1, 0.15) is 39.0 Å². The quantitative estimate of drug-likeness (QED) is 0.496. The van der Waals surface area contributed by atoms with Crippen molar-refractivity contribution in [2.75, 3.05) is 5.75 Å². The summed E-state index contributed by atoms with van der Waals surface area (Å²) >= 11 is 1.99. The Labute approximate surface area is 79.3 Å². The van der Waals surface area contributed by atoms with Crippen molar-refractivity contribution in [1.29, 1.82) is 0 Å². The van der Waals surface area contributed by atoms with E-state index in [0.717, 1.165) is 29.6 Å². The first-order valence-electron chi connectivity index (χ1n) is 4.88. The molecule has 70 valence electrons. The van der Waals surface area contributed by atoms with Crippen LogP contribution in [0.2, 0.25) is 0 Å². The van der Waals surface area contributed by atoms with Crippen molar-refractivity contribution in [1.82, 2.24) is 0 Å². The second-order valence-corrected chi connectivity index (χ2v) is 5.13. The van der Waals surface area contributed by atoms with Gasteiger partial charge in [0.2, 0.25) is 0 Å². The predicted octanol–water partition coefficient (Wildman–Crippen LogP) is 2.89. The Morgan fingerprint density at radius 3 is 3.00 bits per heavy atom. The van der Waals surface area contributed by atoms with E-state index in [0.29, 0.717) is 0 Å². The van der Waals surface area contributed by atoms with Crippen LogP contribution >= 0.6 is 11.8 Å². The number of hydrogen-bond acceptors (Lipinski definition) is 2. The molecule has 1 rings (SSSR count). The van der Waals surface area contributed by atoms with Crippen LogP contribution < -0.4 is 0 Å². The molecule has 0 aliphatic heterocycles. The summed E-state index contributed by atoms with van der Waals surface area (Å²) in [6.07, 6.45) is 7.29. The second-order valence-electron chi connectivity index (χ2n) is 3.72. The zero-order valence-corrected chi connectivity index (χ0v) is 8.61. The van der Waals surface area contributed by atoms with Gasteiger partial charge in [0.1, 0.15) is 6.29 Å². The lowest BCUT2D eigenvalue weighted by atomic mass is 9.91. The standard InChI is InChI=1S/C10H18OS/c1-9-4-2-5-10(8-9)12-7-3-6-11/h6,9-10H,2-5,7-8H2,1H3. The van der Waals surface area contributed by atoms with Crippen molar-refractivity contribution in [2.24, 2.45) is 5.92 Å². The maximum Gasteiger partial charge on any atom is 0.120 e. The molecule has 1 nitrogen and oxygen atoms in total. The van der Waals surface area contributed by atoms with E-state index in [2.05, 4.69) is 6.92 Å². The van der Waals surface area contributed by atoms with Gasteiger partial charge in [0.15, 0.2) is 0 Å². The van der Waals surface area contributed by atoms with Crippen LogP contribution in [0.5, 0.6) is 0 Å². The molecule has 1 aliphatic rings. The molecule has 2 atom stereocenters. The molecule has 0 N–H and O–H groups in total. The number of rotatable bonds is 4. The molecule has 2 heteroatoms. The van der Waals surface area contributed by atoms with Crippen LogP contribution in [0.3, 0.4) is 0 Å². The fourth-order valence-corrected chi connectivity index (χ4v) is 3.18. The number of hydrogen-bond donors (Lipinski definition) is 0. The lowest BCUT2D eigenvalue weighted by molar-refractivity contribution is -0.107. The number of carbonyl (C=O) groups excluding carboxylic acids is 1. The molecule has 0 aromatic rings. The summed E-state index contributed by atoms with van der Waals surface area (Å²) in [5.41, 5.74) is 0. The molecular formula is C10H18OS. The third-order valence-corrected chi connectivity index (χ3v) is 3.85. The molecule has 0 aromatic heterocycles. The van der Waals surface area contributed by atoms with Gasteiger partial charge in [-0.2, -0.15) is 11.8 Å². The van der Waals surface area contributed by atoms with Gasteiger partial charge in [0.05, 0.1) is 0 Å². The minimum Gasteiger partial charge on any atom is -0.303 e. The summed E-state index contributed by atoms with van der Waals surface area (Å²) in [6.45, 7) is 2.34. The average Bonchev–Trinajstić information content (AvgIpc) is 2.05. The average molecular weight is 186 g/mol. The van der Waals surface area contributed by atoms with E-state index in [4.69, 9.17) is 0 Å². The molecule has 0 spiro atoms. The van der Waals surface area contributed by atoms with E-state index in [1.165, 1.54) is 25.7 Å². The van der Waals surface area contributed by atoms with Crippen LogP contribution in [0.15, 0.2) is 0 Å². The molecule has 0 saturated heterocycles. The summed E-state index contributed by atoms with van der Waals surface area (Å²) in [7, 11) is 0. The third kappa shape index (κ3) is 3.61. The lowest BCUT2D eigenvalue weighted by Crippen LogP contribution is -2.15. The second kappa shape index (κ2) is 5.63. The van der Waals surface area contributed by atoms with E-state index in [1.54, 1.807) is 0 Å². The maximum absolute atomic E-state index is 10.1. The summed E-state index contributed by atoms with van der Waals surface area (Å²) in [6, 6.07) is 0. The van der Waals surface area contributed by atoms with Crippen LogP contribution in [-0.4, -0.2) is 17.3 Å². The van der Waals surface area contributed by atoms with Crippen LogP contribution in [0.25, 0.3) is 0 Å². The molecule has 2 unspecified atom stereocenters. The Hall–Kier alpha value is 0.0200. The minimum absolute atomic E-state index is 0.732. The van der Waals surface area contributed by atoms with Gasteiger partial charge in [-0.1, -0.05) is 19.8 Å². The monoisotopic (exact) mass is 186 g/mol. The fraction of sp³-hybridized carbons (Fsp3) is 0.900. The molecule has 0 bridgehead atoms. The number of aldehydes is 1. The predicted molar refractivity (Wildman–Crippen MR) is 54.6 cm³/mol. The first-order chi connectivity index (χ1) is 5.83. The van der Waals surface area contributed by atoms with Gasteiger partial charge >= 0.3 is 0 Å². The van der Waals surface area contributed by atoms with E-state index >= 15 is 0 Å². The van der Waals surface area contributed by atoms with Crippen molar-refractivity contribution < 1.29 is 4.79 Å². The van der Waals surface area contributed by atoms with Gasteiger partial charge in [-0.25, -0.2) is 0 Å². The number of carbonyl (C=O) groups is 1. The molecule has 1 aliphatic carbocycles. The van der Waals surface area contributed by atoms with Crippen LogP contribution in [-0.2, 0) is 4.79 Å². The fourth-order valence-electron chi connectivity index (χ4n) is 1.81. The van der Waals surface area contributed by atoms with E-state index in [1.807, 2.05) is 11.8 Å². The molecule has 0 radical (unpaired) electrons. The van der Waals surface area contributed by atoms with Crippen molar-refractivity contribution in [3.05, 3.63) is 0 Å². The van der Waals surface area contributed by atoms with Gasteiger partial charge in [-0.05, 0) is 18.8 Å². The molecule has 0 amide bonds. The smallest absolute Gasteiger partial charge is 0.120 e. The molecule has 1 fully saturated rings. The first kappa shape index (κ1) is 10.1. The largest absolute Gasteiger partial charge is 0.303 e. The van der Waals surface area contributed by atoms with Crippen molar-refractivity contribution in [3.8, 4) is 0 Å². The molecular weight excluding hydrogens is 168 g/mol. The van der Waals surface area contributed by atoms with Crippen LogP contribution in [0.4, 0.5) is 0 Å². The Bertz CT molecular complexity index is 136. The zero-order chi connectivity index (χ0) is 8.81. The molecule has 0 aromatic carbocycles. The topological polar surface area (TPSA) is 17.1 Å². The lowest BCUT2D eigenvalue weighted by Gasteiger charge is -2.25. The van der Waals surface area contributed by atoms with Crippen molar-refractivity contribution in [3.63, 3.8) is 0 Å². The summed E-state index contributed by atoms with van der Waals surface area (Å²) < 4.78 is 0. The van der Waals surface area contributed by atoms with Gasteiger partial charge in [-0.3, -0.25) is 0 Å². The summed E-state index contributed by atoms with van der Waals surface area (Å²) in [5, 5.41) is 0.841. The Balaban J connectivity index is 2.09. The SMILES string of the molecule is CC1CCCC(SCCC=O)C1. The van der Waals surface area contributed by atoms with Crippen molar-refractivity contribution in [2.45, 2.75) is 44.3 Å². The van der Waals surface area contributed by atoms with Crippen molar-refractivity contribution >= 4 is 18.0 Å². The summed E-state index contributed by atoms with van der Waals surface area (Å²) in [5.74, 6) is 1.94. The Morgan fingerprint density at radius 2 is 2.33 bits per heavy atom. The van der Waals surface area contributed by atoms with E-state index in [-0.39, 0.29) is 0 Å². The zero-order valence-electron chi connectivity index (χ0n) is 7.79. The minimum atomic E-state index is 0.732. The Morgan fingerprint density at radius 1 is 1.50 bits per heavy atom. The molecule has 12 heavy (non-hydrogen) atoms. The van der Waals surface area contributed by atoms with Gasteiger partial charge in [-0.15, -0.1) is 0 Å². The van der Waals surface area contributed by atoms with E-state index in [9.17, 15) is 4.79 Å². The van der Waals surface area contributed by atoms with Gasteiger partial charge in [0, 0.05) is 17.4 Å². The van der Waals surface area contributed by atoms with Crippen LogP contribution in [0, 0.1) is 5.92 Å². The number of thioether (sulfide) groups is 1. The van der Waals surface area contributed by atoms with E-state index < -0.39 is 0 Å². The summed E-state index contributed by atoms with van der Waals surface area (Å²) in [4.78, 5) is 10.1. The Kier molecular flexibility index (Phi) is 4.74. The molecule has 0 heterocycles. The highest BCUT2D eigenvalue weighted by atomic mass is 32.2. The first-order valence-corrected chi connectivity index (χ1v) is 5.93.